The number of ether oxygens (including phenoxy) is 2. The van der Waals surface area contributed by atoms with Gasteiger partial charge < -0.3 is 9.47 Å². The lowest BCUT2D eigenvalue weighted by atomic mass is 9.44. The Morgan fingerprint density at radius 3 is 2.35 bits per heavy atom. The molecule has 0 aromatic rings. The number of rotatable bonds is 1. The summed E-state index contributed by atoms with van der Waals surface area (Å²) in [5.41, 5.74) is 0.786. The average molecular weight is 361 g/mol. The maximum Gasteiger partial charge on any atom is 0.169 e. The van der Waals surface area contributed by atoms with Crippen molar-refractivity contribution < 1.29 is 14.3 Å². The molecule has 5 fully saturated rings. The number of hydrogen-bond acceptors (Lipinski definition) is 3. The van der Waals surface area contributed by atoms with E-state index in [4.69, 9.17) is 9.47 Å². The zero-order valence-electron chi connectivity index (χ0n) is 16.9. The molecule has 0 bridgehead atoms. The van der Waals surface area contributed by atoms with Gasteiger partial charge in [-0.25, -0.2) is 0 Å². The van der Waals surface area contributed by atoms with Crippen molar-refractivity contribution in [3.05, 3.63) is 0 Å². The lowest BCUT2D eigenvalue weighted by Gasteiger charge is -2.60. The van der Waals surface area contributed by atoms with E-state index in [1.54, 1.807) is 0 Å². The smallest absolute Gasteiger partial charge is 0.169 e. The SMILES string of the molecule is CC1([C@H]2CCC3C4CC[C@H]5CC(=O)CC[C@]5(C)C4CC[C@@]32C)OCCO1. The highest BCUT2D eigenvalue weighted by Gasteiger charge is 2.63. The fourth-order valence-corrected chi connectivity index (χ4v) is 8.64. The van der Waals surface area contributed by atoms with Crippen LogP contribution in [0.1, 0.15) is 78.6 Å². The van der Waals surface area contributed by atoms with Crippen LogP contribution < -0.4 is 0 Å². The zero-order valence-corrected chi connectivity index (χ0v) is 16.9. The molecule has 0 aromatic carbocycles. The topological polar surface area (TPSA) is 35.5 Å². The molecule has 4 aliphatic carbocycles. The van der Waals surface area contributed by atoms with Gasteiger partial charge in [0, 0.05) is 18.8 Å². The minimum absolute atomic E-state index is 0.352. The summed E-state index contributed by atoms with van der Waals surface area (Å²) in [6.45, 7) is 8.82. The van der Waals surface area contributed by atoms with E-state index in [0.29, 0.717) is 28.4 Å². The van der Waals surface area contributed by atoms with Crippen LogP contribution in [0.2, 0.25) is 0 Å². The Kier molecular flexibility index (Phi) is 3.94. The first kappa shape index (κ1) is 17.7. The molecule has 0 aromatic heterocycles. The number of Topliss-reactive ketones (excluding diaryl/α,β-unsaturated/α-hetero) is 1. The molecule has 5 rings (SSSR count). The fourth-order valence-electron chi connectivity index (χ4n) is 8.64. The standard InChI is InChI=1S/C23H36O3/c1-21-10-8-16(24)14-15(21)4-5-17-18-6-7-20(23(3)25-12-13-26-23)22(18,2)11-9-19(17)21/h15,17-20H,4-14H2,1-3H3/t15-,17?,18?,19?,20-,21-,22-/m0/s1. The molecule has 146 valence electrons. The van der Waals surface area contributed by atoms with Crippen molar-refractivity contribution in [3.63, 3.8) is 0 Å². The number of carbonyl (C=O) groups is 1. The Labute approximate surface area is 158 Å². The molecule has 3 heteroatoms. The van der Waals surface area contributed by atoms with E-state index in [0.717, 1.165) is 50.2 Å². The van der Waals surface area contributed by atoms with Gasteiger partial charge in [-0.2, -0.15) is 0 Å². The third kappa shape index (κ3) is 2.28. The lowest BCUT2D eigenvalue weighted by molar-refractivity contribution is -0.217. The highest BCUT2D eigenvalue weighted by molar-refractivity contribution is 5.79. The maximum absolute atomic E-state index is 12.1. The van der Waals surface area contributed by atoms with Crippen LogP contribution in [0.3, 0.4) is 0 Å². The quantitative estimate of drug-likeness (QED) is 0.662. The van der Waals surface area contributed by atoms with Crippen molar-refractivity contribution in [1.29, 1.82) is 0 Å². The van der Waals surface area contributed by atoms with Crippen molar-refractivity contribution in [3.8, 4) is 0 Å². The molecule has 3 unspecified atom stereocenters. The largest absolute Gasteiger partial charge is 0.348 e. The lowest BCUT2D eigenvalue weighted by Crippen LogP contribution is -2.55. The molecule has 0 N–H and O–H groups in total. The summed E-state index contributed by atoms with van der Waals surface area (Å²) in [5, 5.41) is 0. The van der Waals surface area contributed by atoms with E-state index in [2.05, 4.69) is 20.8 Å². The predicted molar refractivity (Wildman–Crippen MR) is 101 cm³/mol. The van der Waals surface area contributed by atoms with E-state index >= 15 is 0 Å². The molecule has 0 spiro atoms. The maximum atomic E-state index is 12.1. The van der Waals surface area contributed by atoms with Gasteiger partial charge in [-0.1, -0.05) is 13.8 Å². The molecule has 7 atom stereocenters. The van der Waals surface area contributed by atoms with E-state index in [9.17, 15) is 4.79 Å². The molecule has 1 aliphatic heterocycles. The Balaban J connectivity index is 1.42. The molecule has 5 aliphatic rings. The molecule has 26 heavy (non-hydrogen) atoms. The molecule has 1 saturated heterocycles. The highest BCUT2D eigenvalue weighted by Crippen LogP contribution is 2.68. The van der Waals surface area contributed by atoms with Crippen LogP contribution in [0.5, 0.6) is 0 Å². The number of hydrogen-bond donors (Lipinski definition) is 0. The van der Waals surface area contributed by atoms with Crippen LogP contribution in [-0.4, -0.2) is 24.8 Å². The van der Waals surface area contributed by atoms with Crippen molar-refractivity contribution in [2.75, 3.05) is 13.2 Å². The van der Waals surface area contributed by atoms with Crippen LogP contribution in [0.4, 0.5) is 0 Å². The van der Waals surface area contributed by atoms with E-state index in [1.807, 2.05) is 0 Å². The molecule has 0 radical (unpaired) electrons. The van der Waals surface area contributed by atoms with Gasteiger partial charge in [0.05, 0.1) is 13.2 Å². The van der Waals surface area contributed by atoms with Gasteiger partial charge in [-0.15, -0.1) is 0 Å². The third-order valence-electron chi connectivity index (χ3n) is 9.98. The second kappa shape index (κ2) is 5.80. The molecule has 0 amide bonds. The third-order valence-corrected chi connectivity index (χ3v) is 9.98. The number of fused-ring (bicyclic) bond motifs is 5. The van der Waals surface area contributed by atoms with Crippen LogP contribution in [-0.2, 0) is 14.3 Å². The van der Waals surface area contributed by atoms with E-state index in [1.165, 1.54) is 38.5 Å². The minimum Gasteiger partial charge on any atom is -0.348 e. The second-order valence-corrected chi connectivity index (χ2v) is 10.8. The van der Waals surface area contributed by atoms with E-state index < -0.39 is 0 Å². The summed E-state index contributed by atoms with van der Waals surface area (Å²) in [7, 11) is 0. The van der Waals surface area contributed by atoms with Gasteiger partial charge in [0.2, 0.25) is 0 Å². The van der Waals surface area contributed by atoms with Crippen LogP contribution in [0.25, 0.3) is 0 Å². The highest BCUT2D eigenvalue weighted by atomic mass is 16.7. The number of carbonyl (C=O) groups excluding carboxylic acids is 1. The summed E-state index contributed by atoms with van der Waals surface area (Å²) >= 11 is 0. The predicted octanol–water partition coefficient (Wildman–Crippen LogP) is 4.98. The minimum atomic E-state index is -0.352. The van der Waals surface area contributed by atoms with E-state index in [-0.39, 0.29) is 5.79 Å². The summed E-state index contributed by atoms with van der Waals surface area (Å²) in [6, 6.07) is 0. The summed E-state index contributed by atoms with van der Waals surface area (Å²) in [4.78, 5) is 12.1. The summed E-state index contributed by atoms with van der Waals surface area (Å²) in [5.74, 6) is 3.90. The first-order valence-corrected chi connectivity index (χ1v) is 11.2. The molecular weight excluding hydrogens is 324 g/mol. The van der Waals surface area contributed by atoms with Gasteiger partial charge in [-0.05, 0) is 86.4 Å². The van der Waals surface area contributed by atoms with Crippen LogP contribution in [0.15, 0.2) is 0 Å². The average Bonchev–Trinajstić information content (AvgIpc) is 3.19. The Bertz CT molecular complexity index is 594. The Morgan fingerprint density at radius 2 is 1.58 bits per heavy atom. The summed E-state index contributed by atoms with van der Waals surface area (Å²) < 4.78 is 12.3. The monoisotopic (exact) mass is 360 g/mol. The van der Waals surface area contributed by atoms with Gasteiger partial charge in [0.15, 0.2) is 5.79 Å². The first-order chi connectivity index (χ1) is 12.4. The molecular formula is C23H36O3. The van der Waals surface area contributed by atoms with Crippen molar-refractivity contribution in [2.24, 2.45) is 40.4 Å². The van der Waals surface area contributed by atoms with Gasteiger partial charge >= 0.3 is 0 Å². The molecule has 1 heterocycles. The van der Waals surface area contributed by atoms with Gasteiger partial charge in [0.25, 0.3) is 0 Å². The van der Waals surface area contributed by atoms with Crippen molar-refractivity contribution >= 4 is 5.78 Å². The summed E-state index contributed by atoms with van der Waals surface area (Å²) in [6.07, 6.45) is 10.8. The normalized spacial score (nSPS) is 53.0. The second-order valence-electron chi connectivity index (χ2n) is 10.8. The van der Waals surface area contributed by atoms with Crippen molar-refractivity contribution in [1.82, 2.24) is 0 Å². The van der Waals surface area contributed by atoms with Gasteiger partial charge in [0.1, 0.15) is 5.78 Å². The number of ketones is 1. The Morgan fingerprint density at radius 1 is 0.846 bits per heavy atom. The van der Waals surface area contributed by atoms with Crippen LogP contribution in [0, 0.1) is 40.4 Å². The van der Waals surface area contributed by atoms with Crippen LogP contribution >= 0.6 is 0 Å². The van der Waals surface area contributed by atoms with Gasteiger partial charge in [-0.3, -0.25) is 4.79 Å². The first-order valence-electron chi connectivity index (χ1n) is 11.2. The Hall–Kier alpha value is -0.410. The fraction of sp³-hybridized carbons (Fsp3) is 0.957. The molecule has 4 saturated carbocycles. The van der Waals surface area contributed by atoms with Crippen molar-refractivity contribution in [2.45, 2.75) is 84.3 Å². The zero-order chi connectivity index (χ0) is 18.2. The molecule has 3 nitrogen and oxygen atoms in total.